The van der Waals surface area contributed by atoms with E-state index < -0.39 is 0 Å². The first-order valence-corrected chi connectivity index (χ1v) is 4.16. The van der Waals surface area contributed by atoms with Crippen molar-refractivity contribution in [3.63, 3.8) is 0 Å². The van der Waals surface area contributed by atoms with E-state index in [0.717, 1.165) is 0 Å². The fourth-order valence-electron chi connectivity index (χ4n) is 0.797. The van der Waals surface area contributed by atoms with Crippen LogP contribution in [0.1, 0.15) is 5.76 Å². The van der Waals surface area contributed by atoms with Crippen LogP contribution in [-0.4, -0.2) is 35.9 Å². The SMILES string of the molecule is Cc1cc(OCC(=O)NCCO)no1. The van der Waals surface area contributed by atoms with Crippen LogP contribution in [0.4, 0.5) is 0 Å². The van der Waals surface area contributed by atoms with E-state index in [1.807, 2.05) is 0 Å². The first kappa shape index (κ1) is 10.5. The van der Waals surface area contributed by atoms with E-state index in [0.29, 0.717) is 5.76 Å². The Morgan fingerprint density at radius 3 is 3.14 bits per heavy atom. The molecule has 0 atom stereocenters. The smallest absolute Gasteiger partial charge is 0.258 e. The van der Waals surface area contributed by atoms with Crippen LogP contribution in [0.3, 0.4) is 0 Å². The number of hydrogen-bond donors (Lipinski definition) is 2. The average Bonchev–Trinajstić information content (AvgIpc) is 2.58. The molecule has 0 saturated carbocycles. The normalized spacial score (nSPS) is 9.86. The third-order valence-electron chi connectivity index (χ3n) is 1.39. The lowest BCUT2D eigenvalue weighted by Gasteiger charge is -2.02. The third kappa shape index (κ3) is 3.44. The molecular formula is C8H12N2O4. The zero-order valence-electron chi connectivity index (χ0n) is 7.82. The Labute approximate surface area is 80.8 Å². The van der Waals surface area contributed by atoms with Crippen molar-refractivity contribution in [2.45, 2.75) is 6.92 Å². The fraction of sp³-hybridized carbons (Fsp3) is 0.500. The van der Waals surface area contributed by atoms with Gasteiger partial charge in [0, 0.05) is 12.6 Å². The number of nitrogens with zero attached hydrogens (tertiary/aromatic N) is 1. The van der Waals surface area contributed by atoms with Gasteiger partial charge in [-0.15, -0.1) is 0 Å². The summed E-state index contributed by atoms with van der Waals surface area (Å²) in [6.07, 6.45) is 0. The van der Waals surface area contributed by atoms with E-state index in [4.69, 9.17) is 14.4 Å². The lowest BCUT2D eigenvalue weighted by molar-refractivity contribution is -0.123. The van der Waals surface area contributed by atoms with Gasteiger partial charge < -0.3 is 19.7 Å². The summed E-state index contributed by atoms with van der Waals surface area (Å²) in [7, 11) is 0. The molecule has 1 rings (SSSR count). The van der Waals surface area contributed by atoms with Crippen molar-refractivity contribution in [1.82, 2.24) is 10.5 Å². The van der Waals surface area contributed by atoms with Crippen molar-refractivity contribution in [2.24, 2.45) is 0 Å². The Morgan fingerprint density at radius 1 is 1.79 bits per heavy atom. The largest absolute Gasteiger partial charge is 0.465 e. The molecule has 0 aliphatic heterocycles. The number of carbonyl (C=O) groups excluding carboxylic acids is 1. The Balaban J connectivity index is 2.23. The predicted molar refractivity (Wildman–Crippen MR) is 46.8 cm³/mol. The first-order chi connectivity index (χ1) is 6.72. The van der Waals surface area contributed by atoms with Crippen LogP contribution < -0.4 is 10.1 Å². The van der Waals surface area contributed by atoms with E-state index in [1.54, 1.807) is 13.0 Å². The molecule has 2 N–H and O–H groups in total. The van der Waals surface area contributed by atoms with Gasteiger partial charge in [-0.1, -0.05) is 0 Å². The van der Waals surface area contributed by atoms with Crippen LogP contribution in [0.15, 0.2) is 10.6 Å². The molecule has 0 aromatic carbocycles. The average molecular weight is 200 g/mol. The number of hydrogen-bond acceptors (Lipinski definition) is 5. The first-order valence-electron chi connectivity index (χ1n) is 4.16. The molecule has 0 unspecified atom stereocenters. The molecule has 78 valence electrons. The molecule has 0 bridgehead atoms. The van der Waals surface area contributed by atoms with Gasteiger partial charge >= 0.3 is 0 Å². The molecule has 1 amide bonds. The molecule has 1 aromatic heterocycles. The predicted octanol–water partition coefficient (Wildman–Crippen LogP) is -0.530. The molecule has 0 fully saturated rings. The Bertz CT molecular complexity index is 297. The number of aliphatic hydroxyl groups is 1. The maximum atomic E-state index is 11.0. The summed E-state index contributed by atoms with van der Waals surface area (Å²) in [5, 5.41) is 14.4. The van der Waals surface area contributed by atoms with Gasteiger partial charge in [0.25, 0.3) is 11.8 Å². The van der Waals surface area contributed by atoms with Crippen molar-refractivity contribution in [1.29, 1.82) is 0 Å². The van der Waals surface area contributed by atoms with Gasteiger partial charge in [0.05, 0.1) is 6.61 Å². The second kappa shape index (κ2) is 5.23. The molecule has 14 heavy (non-hydrogen) atoms. The molecule has 0 saturated heterocycles. The summed E-state index contributed by atoms with van der Waals surface area (Å²) in [6.45, 7) is 1.73. The second-order valence-electron chi connectivity index (χ2n) is 2.64. The van der Waals surface area contributed by atoms with E-state index in [9.17, 15) is 4.79 Å². The summed E-state index contributed by atoms with van der Waals surface area (Å²) in [4.78, 5) is 11.0. The molecule has 0 spiro atoms. The van der Waals surface area contributed by atoms with E-state index in [1.165, 1.54) is 0 Å². The molecule has 0 aliphatic rings. The third-order valence-corrected chi connectivity index (χ3v) is 1.39. The topological polar surface area (TPSA) is 84.6 Å². The molecule has 1 heterocycles. The number of carbonyl (C=O) groups is 1. The minimum Gasteiger partial charge on any atom is -0.465 e. The van der Waals surface area contributed by atoms with Crippen LogP contribution in [0.5, 0.6) is 5.88 Å². The highest BCUT2D eigenvalue weighted by molar-refractivity contribution is 5.77. The summed E-state index contributed by atoms with van der Waals surface area (Å²) in [5.41, 5.74) is 0. The number of aryl methyl sites for hydroxylation is 1. The van der Waals surface area contributed by atoms with E-state index in [-0.39, 0.29) is 31.5 Å². The van der Waals surface area contributed by atoms with Crippen LogP contribution in [0, 0.1) is 6.92 Å². The molecule has 1 aromatic rings. The zero-order chi connectivity index (χ0) is 10.4. The Kier molecular flexibility index (Phi) is 3.93. The highest BCUT2D eigenvalue weighted by Crippen LogP contribution is 2.08. The highest BCUT2D eigenvalue weighted by atomic mass is 16.5. The van der Waals surface area contributed by atoms with Gasteiger partial charge in [-0.3, -0.25) is 4.79 Å². The zero-order valence-corrected chi connectivity index (χ0v) is 7.82. The Hall–Kier alpha value is -1.56. The molecule has 6 heteroatoms. The van der Waals surface area contributed by atoms with Crippen LogP contribution in [0.25, 0.3) is 0 Å². The minimum atomic E-state index is -0.306. The number of aromatic nitrogens is 1. The quantitative estimate of drug-likeness (QED) is 0.667. The van der Waals surface area contributed by atoms with Crippen LogP contribution in [0.2, 0.25) is 0 Å². The maximum Gasteiger partial charge on any atom is 0.258 e. The number of rotatable bonds is 5. The fourth-order valence-corrected chi connectivity index (χ4v) is 0.797. The van der Waals surface area contributed by atoms with Crippen molar-refractivity contribution >= 4 is 5.91 Å². The van der Waals surface area contributed by atoms with Gasteiger partial charge in [-0.2, -0.15) is 0 Å². The number of nitrogens with one attached hydrogen (secondary N) is 1. The second-order valence-corrected chi connectivity index (χ2v) is 2.64. The standard InChI is InChI=1S/C8H12N2O4/c1-6-4-8(10-14-6)13-5-7(12)9-2-3-11/h4,11H,2-3,5H2,1H3,(H,9,12). The van der Waals surface area contributed by atoms with E-state index in [2.05, 4.69) is 10.5 Å². The van der Waals surface area contributed by atoms with Crippen molar-refractivity contribution in [3.8, 4) is 5.88 Å². The van der Waals surface area contributed by atoms with Gasteiger partial charge in [0.15, 0.2) is 6.61 Å². The number of amides is 1. The van der Waals surface area contributed by atoms with Crippen molar-refractivity contribution < 1.29 is 19.2 Å². The molecule has 0 radical (unpaired) electrons. The molecule has 0 aliphatic carbocycles. The van der Waals surface area contributed by atoms with Gasteiger partial charge in [0.1, 0.15) is 5.76 Å². The Morgan fingerprint density at radius 2 is 2.57 bits per heavy atom. The molecular weight excluding hydrogens is 188 g/mol. The summed E-state index contributed by atoms with van der Waals surface area (Å²) < 4.78 is 9.72. The van der Waals surface area contributed by atoms with Gasteiger partial charge in [-0.25, -0.2) is 0 Å². The lowest BCUT2D eigenvalue weighted by Crippen LogP contribution is -2.31. The van der Waals surface area contributed by atoms with Gasteiger partial charge in [0.2, 0.25) is 0 Å². The van der Waals surface area contributed by atoms with E-state index >= 15 is 0 Å². The van der Waals surface area contributed by atoms with Gasteiger partial charge in [-0.05, 0) is 12.1 Å². The van der Waals surface area contributed by atoms with Crippen molar-refractivity contribution in [2.75, 3.05) is 19.8 Å². The molecule has 6 nitrogen and oxygen atoms in total. The minimum absolute atomic E-state index is 0.0885. The summed E-state index contributed by atoms with van der Waals surface area (Å²) >= 11 is 0. The highest BCUT2D eigenvalue weighted by Gasteiger charge is 2.04. The van der Waals surface area contributed by atoms with Crippen LogP contribution in [-0.2, 0) is 4.79 Å². The summed E-state index contributed by atoms with van der Waals surface area (Å²) in [5.74, 6) is 0.595. The maximum absolute atomic E-state index is 11.0. The number of aliphatic hydroxyl groups excluding tert-OH is 1. The lowest BCUT2D eigenvalue weighted by atomic mass is 10.5. The monoisotopic (exact) mass is 200 g/mol. The summed E-state index contributed by atoms with van der Waals surface area (Å²) in [6, 6.07) is 1.58. The van der Waals surface area contributed by atoms with Crippen molar-refractivity contribution in [3.05, 3.63) is 11.8 Å². The number of ether oxygens (including phenoxy) is 1. The van der Waals surface area contributed by atoms with Crippen LogP contribution >= 0.6 is 0 Å².